The third kappa shape index (κ3) is 4.28. The molecule has 0 unspecified atom stereocenters. The number of methoxy groups -OCH3 is 1. The van der Waals surface area contributed by atoms with Crippen LogP contribution in [0.15, 0.2) is 59.5 Å². The van der Waals surface area contributed by atoms with E-state index in [9.17, 15) is 13.5 Å². The maximum Gasteiger partial charge on any atom is 0.297 e. The van der Waals surface area contributed by atoms with Crippen molar-refractivity contribution in [1.29, 1.82) is 0 Å². The van der Waals surface area contributed by atoms with Crippen molar-refractivity contribution in [3.63, 3.8) is 0 Å². The topological polar surface area (TPSA) is 101 Å². The lowest BCUT2D eigenvalue weighted by molar-refractivity contribution is -0.354. The summed E-state index contributed by atoms with van der Waals surface area (Å²) in [6, 6.07) is 15.5. The number of benzene rings is 2. The van der Waals surface area contributed by atoms with Crippen LogP contribution in [0, 0.1) is 6.92 Å². The van der Waals surface area contributed by atoms with Gasteiger partial charge in [-0.15, -0.1) is 0 Å². The van der Waals surface area contributed by atoms with Gasteiger partial charge in [-0.25, -0.2) is 0 Å². The fraction of sp³-hybridized carbons (Fsp3) is 0.429. The van der Waals surface area contributed by atoms with Gasteiger partial charge in [0.2, 0.25) is 0 Å². The SMILES string of the molecule is CO[C@H]1O[C@@H]2CO[C@H](c3ccccc3)O[C@H]2[C@H](O)[C@H]1OS(=O)(=O)c1ccc(C)cc1. The number of rotatable bonds is 5. The Morgan fingerprint density at radius 2 is 1.73 bits per heavy atom. The van der Waals surface area contributed by atoms with Crippen LogP contribution in [0.25, 0.3) is 0 Å². The van der Waals surface area contributed by atoms with Gasteiger partial charge in [-0.2, -0.15) is 8.42 Å². The average molecular weight is 436 g/mol. The summed E-state index contributed by atoms with van der Waals surface area (Å²) < 4.78 is 53.5. The van der Waals surface area contributed by atoms with Gasteiger partial charge in [0.1, 0.15) is 18.3 Å². The zero-order chi connectivity index (χ0) is 21.3. The first-order valence-corrected chi connectivity index (χ1v) is 11.0. The molecule has 2 fully saturated rings. The Hall–Kier alpha value is -1.85. The van der Waals surface area contributed by atoms with Gasteiger partial charge >= 0.3 is 0 Å². The Bertz CT molecular complexity index is 947. The van der Waals surface area contributed by atoms with Gasteiger partial charge in [0.15, 0.2) is 18.7 Å². The lowest BCUT2D eigenvalue weighted by Gasteiger charge is -2.46. The van der Waals surface area contributed by atoms with Gasteiger partial charge in [-0.05, 0) is 19.1 Å². The standard InChI is InChI=1S/C21H24O8S/c1-13-8-10-15(11-9-13)30(23,24)29-19-17(22)18-16(27-21(19)25-2)12-26-20(28-18)14-6-4-3-5-7-14/h3-11,16-22H,12H2,1-2H3/t16-,17+,18-,19-,20+,21+/m1/s1. The number of aliphatic hydroxyl groups is 1. The quantitative estimate of drug-likeness (QED) is 0.710. The summed E-state index contributed by atoms with van der Waals surface area (Å²) in [5.41, 5.74) is 1.69. The highest BCUT2D eigenvalue weighted by molar-refractivity contribution is 7.86. The molecule has 2 heterocycles. The predicted octanol–water partition coefficient (Wildman–Crippen LogP) is 1.92. The minimum atomic E-state index is -4.16. The molecule has 2 aliphatic heterocycles. The third-order valence-corrected chi connectivity index (χ3v) is 6.49. The fourth-order valence-electron chi connectivity index (χ4n) is 3.55. The highest BCUT2D eigenvalue weighted by Gasteiger charge is 2.51. The van der Waals surface area contributed by atoms with Crippen molar-refractivity contribution >= 4 is 10.1 Å². The maximum absolute atomic E-state index is 12.8. The summed E-state index contributed by atoms with van der Waals surface area (Å²) in [7, 11) is -2.81. The Labute approximate surface area is 175 Å². The van der Waals surface area contributed by atoms with Crippen LogP contribution in [-0.4, -0.2) is 57.9 Å². The van der Waals surface area contributed by atoms with E-state index in [1.807, 2.05) is 37.3 Å². The molecule has 0 aromatic heterocycles. The van der Waals surface area contributed by atoms with Crippen LogP contribution < -0.4 is 0 Å². The molecule has 4 rings (SSSR count). The van der Waals surface area contributed by atoms with E-state index in [4.69, 9.17) is 23.1 Å². The Kier molecular flexibility index (Phi) is 6.21. The predicted molar refractivity (Wildman–Crippen MR) is 105 cm³/mol. The number of hydrogen-bond acceptors (Lipinski definition) is 8. The van der Waals surface area contributed by atoms with Crippen molar-refractivity contribution in [1.82, 2.24) is 0 Å². The minimum Gasteiger partial charge on any atom is -0.387 e. The van der Waals surface area contributed by atoms with E-state index in [1.54, 1.807) is 12.1 Å². The highest BCUT2D eigenvalue weighted by atomic mass is 32.2. The summed E-state index contributed by atoms with van der Waals surface area (Å²) in [4.78, 5) is -0.0210. The largest absolute Gasteiger partial charge is 0.387 e. The van der Waals surface area contributed by atoms with E-state index in [2.05, 4.69) is 0 Å². The molecule has 2 aliphatic rings. The number of hydrogen-bond donors (Lipinski definition) is 1. The first-order valence-electron chi connectivity index (χ1n) is 9.57. The van der Waals surface area contributed by atoms with Crippen LogP contribution in [0.1, 0.15) is 17.4 Å². The molecular weight excluding hydrogens is 412 g/mol. The molecule has 0 aliphatic carbocycles. The highest BCUT2D eigenvalue weighted by Crippen LogP contribution is 2.36. The third-order valence-electron chi connectivity index (χ3n) is 5.16. The Morgan fingerprint density at radius 1 is 1.03 bits per heavy atom. The zero-order valence-electron chi connectivity index (χ0n) is 16.6. The van der Waals surface area contributed by atoms with Gasteiger partial charge in [-0.3, -0.25) is 4.18 Å². The number of aryl methyl sites for hydroxylation is 1. The summed E-state index contributed by atoms with van der Waals surface area (Å²) in [5, 5.41) is 11.0. The molecule has 2 aromatic carbocycles. The molecular formula is C21H24O8S. The van der Waals surface area contributed by atoms with E-state index in [0.717, 1.165) is 11.1 Å². The minimum absolute atomic E-state index is 0.0210. The second-order valence-corrected chi connectivity index (χ2v) is 8.85. The van der Waals surface area contributed by atoms with Crippen molar-refractivity contribution in [2.24, 2.45) is 0 Å². The number of ether oxygens (including phenoxy) is 4. The summed E-state index contributed by atoms with van der Waals surface area (Å²) in [6.45, 7) is 2.00. The van der Waals surface area contributed by atoms with Crippen molar-refractivity contribution in [3.05, 3.63) is 65.7 Å². The van der Waals surface area contributed by atoms with E-state index in [0.29, 0.717) is 0 Å². The Morgan fingerprint density at radius 3 is 2.40 bits per heavy atom. The molecule has 8 nitrogen and oxygen atoms in total. The molecule has 0 radical (unpaired) electrons. The molecule has 1 N–H and O–H groups in total. The van der Waals surface area contributed by atoms with Gasteiger partial charge < -0.3 is 24.1 Å². The van der Waals surface area contributed by atoms with Crippen LogP contribution in [0.5, 0.6) is 0 Å². The Balaban J connectivity index is 1.55. The van der Waals surface area contributed by atoms with Gasteiger partial charge in [0.05, 0.1) is 11.5 Å². The van der Waals surface area contributed by atoms with Crippen molar-refractivity contribution in [2.45, 2.75) is 48.8 Å². The fourth-order valence-corrected chi connectivity index (χ4v) is 4.62. The van der Waals surface area contributed by atoms with Crippen LogP contribution in [-0.2, 0) is 33.2 Å². The van der Waals surface area contributed by atoms with E-state index in [1.165, 1.54) is 19.2 Å². The van der Waals surface area contributed by atoms with Crippen molar-refractivity contribution < 1.29 is 36.7 Å². The van der Waals surface area contributed by atoms with E-state index < -0.39 is 47.1 Å². The lowest BCUT2D eigenvalue weighted by atomic mass is 9.98. The average Bonchev–Trinajstić information content (AvgIpc) is 2.76. The van der Waals surface area contributed by atoms with Crippen LogP contribution >= 0.6 is 0 Å². The van der Waals surface area contributed by atoms with Crippen LogP contribution in [0.3, 0.4) is 0 Å². The van der Waals surface area contributed by atoms with Crippen molar-refractivity contribution in [2.75, 3.05) is 13.7 Å². The monoisotopic (exact) mass is 436 g/mol. The second kappa shape index (κ2) is 8.72. The molecule has 162 valence electrons. The van der Waals surface area contributed by atoms with Gasteiger partial charge in [0, 0.05) is 12.7 Å². The molecule has 0 saturated carbocycles. The molecule has 2 aromatic rings. The summed E-state index contributed by atoms with van der Waals surface area (Å²) in [6.07, 6.45) is -5.93. The number of aliphatic hydroxyl groups excluding tert-OH is 1. The molecule has 0 spiro atoms. The molecule has 0 amide bonds. The maximum atomic E-state index is 12.8. The first kappa shape index (κ1) is 21.4. The van der Waals surface area contributed by atoms with Gasteiger partial charge in [-0.1, -0.05) is 48.0 Å². The van der Waals surface area contributed by atoms with Crippen LogP contribution in [0.2, 0.25) is 0 Å². The van der Waals surface area contributed by atoms with Crippen LogP contribution in [0.4, 0.5) is 0 Å². The van der Waals surface area contributed by atoms with Crippen molar-refractivity contribution in [3.8, 4) is 0 Å². The molecule has 6 atom stereocenters. The normalized spacial score (nSPS) is 31.8. The molecule has 2 saturated heterocycles. The van der Waals surface area contributed by atoms with E-state index >= 15 is 0 Å². The molecule has 30 heavy (non-hydrogen) atoms. The first-order chi connectivity index (χ1) is 14.4. The zero-order valence-corrected chi connectivity index (χ0v) is 17.4. The second-order valence-electron chi connectivity index (χ2n) is 7.27. The molecule has 9 heteroatoms. The van der Waals surface area contributed by atoms with E-state index in [-0.39, 0.29) is 11.5 Å². The lowest BCUT2D eigenvalue weighted by Crippen LogP contribution is -2.63. The van der Waals surface area contributed by atoms with Gasteiger partial charge in [0.25, 0.3) is 10.1 Å². The molecule has 0 bridgehead atoms. The number of fused-ring (bicyclic) bond motifs is 1. The smallest absolute Gasteiger partial charge is 0.297 e. The summed E-state index contributed by atoms with van der Waals surface area (Å²) in [5.74, 6) is 0. The summed E-state index contributed by atoms with van der Waals surface area (Å²) >= 11 is 0.